The number of rotatable bonds is 4. The molecule has 0 aliphatic carbocycles. The van der Waals surface area contributed by atoms with Crippen molar-refractivity contribution < 1.29 is 14.0 Å². The van der Waals surface area contributed by atoms with Crippen LogP contribution in [-0.2, 0) is 4.79 Å². The molecule has 5 nitrogen and oxygen atoms in total. The first kappa shape index (κ1) is 13.5. The SMILES string of the molecule is NC(=O)c1cc(NC(=O)CC2CCCN2)ccc1F. The highest BCUT2D eigenvalue weighted by molar-refractivity contribution is 5.96. The Morgan fingerprint density at radius 2 is 2.26 bits per heavy atom. The lowest BCUT2D eigenvalue weighted by Gasteiger charge is -2.11. The van der Waals surface area contributed by atoms with Crippen molar-refractivity contribution in [3.05, 3.63) is 29.6 Å². The van der Waals surface area contributed by atoms with Crippen molar-refractivity contribution in [2.24, 2.45) is 5.73 Å². The Kier molecular flexibility index (Phi) is 4.11. The number of nitrogens with two attached hydrogens (primary N) is 1. The van der Waals surface area contributed by atoms with E-state index in [0.29, 0.717) is 12.1 Å². The quantitative estimate of drug-likeness (QED) is 0.759. The third kappa shape index (κ3) is 3.51. The van der Waals surface area contributed by atoms with Crippen molar-refractivity contribution in [1.29, 1.82) is 0 Å². The normalized spacial score (nSPS) is 18.3. The maximum atomic E-state index is 13.3. The molecular weight excluding hydrogens is 249 g/mol. The number of nitrogens with one attached hydrogen (secondary N) is 2. The molecule has 1 fully saturated rings. The van der Waals surface area contributed by atoms with E-state index >= 15 is 0 Å². The highest BCUT2D eigenvalue weighted by Crippen LogP contribution is 2.16. The summed E-state index contributed by atoms with van der Waals surface area (Å²) < 4.78 is 13.3. The Balaban J connectivity index is 2.00. The molecule has 0 aromatic heterocycles. The van der Waals surface area contributed by atoms with E-state index in [4.69, 9.17) is 5.73 Å². The fourth-order valence-electron chi connectivity index (χ4n) is 2.16. The molecule has 1 atom stereocenters. The van der Waals surface area contributed by atoms with Gasteiger partial charge in [0.15, 0.2) is 0 Å². The standard InChI is InChI=1S/C13H16FN3O2/c14-11-4-3-9(6-10(11)13(15)19)17-12(18)7-8-2-1-5-16-8/h3-4,6,8,16H,1-2,5,7H2,(H2,15,19)(H,17,18). The highest BCUT2D eigenvalue weighted by Gasteiger charge is 2.18. The van der Waals surface area contributed by atoms with E-state index in [1.165, 1.54) is 12.1 Å². The molecule has 1 aromatic carbocycles. The van der Waals surface area contributed by atoms with Crippen LogP contribution in [0.1, 0.15) is 29.6 Å². The first-order valence-electron chi connectivity index (χ1n) is 6.19. The van der Waals surface area contributed by atoms with Gasteiger partial charge in [-0.3, -0.25) is 9.59 Å². The Hall–Kier alpha value is -1.95. The van der Waals surface area contributed by atoms with Gasteiger partial charge in [0.1, 0.15) is 5.82 Å². The highest BCUT2D eigenvalue weighted by atomic mass is 19.1. The third-order valence-electron chi connectivity index (χ3n) is 3.11. The number of primary amides is 1. The van der Waals surface area contributed by atoms with Crippen LogP contribution in [0.5, 0.6) is 0 Å². The molecule has 1 heterocycles. The predicted molar refractivity (Wildman–Crippen MR) is 69.2 cm³/mol. The molecule has 1 saturated heterocycles. The van der Waals surface area contributed by atoms with Crippen LogP contribution in [0.15, 0.2) is 18.2 Å². The summed E-state index contributed by atoms with van der Waals surface area (Å²) in [5.41, 5.74) is 5.19. The molecule has 2 amide bonds. The van der Waals surface area contributed by atoms with Crippen LogP contribution in [0.4, 0.5) is 10.1 Å². The summed E-state index contributed by atoms with van der Waals surface area (Å²) in [7, 11) is 0. The van der Waals surface area contributed by atoms with Crippen LogP contribution >= 0.6 is 0 Å². The second kappa shape index (κ2) is 5.79. The van der Waals surface area contributed by atoms with E-state index < -0.39 is 11.7 Å². The summed E-state index contributed by atoms with van der Waals surface area (Å²) in [6.07, 6.45) is 2.41. The van der Waals surface area contributed by atoms with Crippen LogP contribution < -0.4 is 16.4 Å². The summed E-state index contributed by atoms with van der Waals surface area (Å²) in [6, 6.07) is 3.96. The maximum absolute atomic E-state index is 13.3. The van der Waals surface area contributed by atoms with E-state index in [1.54, 1.807) is 0 Å². The molecule has 0 bridgehead atoms. The average Bonchev–Trinajstić information content (AvgIpc) is 2.84. The van der Waals surface area contributed by atoms with Gasteiger partial charge in [-0.1, -0.05) is 0 Å². The summed E-state index contributed by atoms with van der Waals surface area (Å²) >= 11 is 0. The second-order valence-electron chi connectivity index (χ2n) is 4.60. The monoisotopic (exact) mass is 265 g/mol. The van der Waals surface area contributed by atoms with Crippen molar-refractivity contribution in [2.45, 2.75) is 25.3 Å². The average molecular weight is 265 g/mol. The molecule has 19 heavy (non-hydrogen) atoms. The largest absolute Gasteiger partial charge is 0.366 e. The Morgan fingerprint density at radius 1 is 1.47 bits per heavy atom. The Labute approximate surface area is 110 Å². The van der Waals surface area contributed by atoms with E-state index in [0.717, 1.165) is 25.5 Å². The number of benzene rings is 1. The number of halogens is 1. The summed E-state index contributed by atoms with van der Waals surface area (Å²) in [6.45, 7) is 0.931. The van der Waals surface area contributed by atoms with Gasteiger partial charge >= 0.3 is 0 Å². The minimum Gasteiger partial charge on any atom is -0.366 e. The molecule has 0 radical (unpaired) electrons. The zero-order valence-corrected chi connectivity index (χ0v) is 10.4. The lowest BCUT2D eigenvalue weighted by atomic mass is 10.1. The Morgan fingerprint density at radius 3 is 2.89 bits per heavy atom. The molecule has 6 heteroatoms. The number of hydrogen-bond acceptors (Lipinski definition) is 3. The molecule has 0 spiro atoms. The Bertz CT molecular complexity index is 499. The van der Waals surface area contributed by atoms with Gasteiger partial charge in [-0.25, -0.2) is 4.39 Å². The first-order chi connectivity index (χ1) is 9.06. The molecule has 0 saturated carbocycles. The van der Waals surface area contributed by atoms with Crippen LogP contribution in [-0.4, -0.2) is 24.4 Å². The number of anilines is 1. The van der Waals surface area contributed by atoms with Gasteiger partial charge in [-0.2, -0.15) is 0 Å². The molecule has 1 aromatic rings. The van der Waals surface area contributed by atoms with Crippen LogP contribution in [0, 0.1) is 5.82 Å². The van der Waals surface area contributed by atoms with Crippen molar-refractivity contribution >= 4 is 17.5 Å². The van der Waals surface area contributed by atoms with Crippen molar-refractivity contribution in [1.82, 2.24) is 5.32 Å². The fraction of sp³-hybridized carbons (Fsp3) is 0.385. The van der Waals surface area contributed by atoms with Gasteiger partial charge in [0, 0.05) is 18.2 Å². The number of hydrogen-bond donors (Lipinski definition) is 3. The van der Waals surface area contributed by atoms with E-state index in [-0.39, 0.29) is 17.5 Å². The predicted octanol–water partition coefficient (Wildman–Crippen LogP) is 1.01. The zero-order chi connectivity index (χ0) is 13.8. The van der Waals surface area contributed by atoms with Gasteiger partial charge in [-0.05, 0) is 37.6 Å². The summed E-state index contributed by atoms with van der Waals surface area (Å²) in [5, 5.41) is 5.85. The van der Waals surface area contributed by atoms with E-state index in [9.17, 15) is 14.0 Å². The van der Waals surface area contributed by atoms with E-state index in [1.807, 2.05) is 0 Å². The third-order valence-corrected chi connectivity index (χ3v) is 3.11. The maximum Gasteiger partial charge on any atom is 0.251 e. The minimum absolute atomic E-state index is 0.165. The topological polar surface area (TPSA) is 84.2 Å². The van der Waals surface area contributed by atoms with Gasteiger partial charge < -0.3 is 16.4 Å². The smallest absolute Gasteiger partial charge is 0.251 e. The van der Waals surface area contributed by atoms with Crippen LogP contribution in [0.2, 0.25) is 0 Å². The van der Waals surface area contributed by atoms with Gasteiger partial charge in [-0.15, -0.1) is 0 Å². The second-order valence-corrected chi connectivity index (χ2v) is 4.60. The lowest BCUT2D eigenvalue weighted by Crippen LogP contribution is -2.27. The number of carbonyl (C=O) groups is 2. The number of amides is 2. The molecule has 1 unspecified atom stereocenters. The summed E-state index contributed by atoms with van der Waals surface area (Å²) in [4.78, 5) is 22.8. The molecular formula is C13H16FN3O2. The van der Waals surface area contributed by atoms with Crippen molar-refractivity contribution in [3.63, 3.8) is 0 Å². The zero-order valence-electron chi connectivity index (χ0n) is 10.4. The van der Waals surface area contributed by atoms with Gasteiger partial charge in [0.25, 0.3) is 5.91 Å². The molecule has 4 N–H and O–H groups in total. The molecule has 102 valence electrons. The summed E-state index contributed by atoms with van der Waals surface area (Å²) in [5.74, 6) is -1.71. The molecule has 1 aliphatic heterocycles. The lowest BCUT2D eigenvalue weighted by molar-refractivity contribution is -0.116. The first-order valence-corrected chi connectivity index (χ1v) is 6.19. The van der Waals surface area contributed by atoms with E-state index in [2.05, 4.69) is 10.6 Å². The van der Waals surface area contributed by atoms with Gasteiger partial charge in [0.2, 0.25) is 5.91 Å². The van der Waals surface area contributed by atoms with Crippen molar-refractivity contribution in [3.8, 4) is 0 Å². The van der Waals surface area contributed by atoms with Crippen LogP contribution in [0.25, 0.3) is 0 Å². The van der Waals surface area contributed by atoms with Crippen molar-refractivity contribution in [2.75, 3.05) is 11.9 Å². The fourth-order valence-corrected chi connectivity index (χ4v) is 2.16. The van der Waals surface area contributed by atoms with Gasteiger partial charge in [0.05, 0.1) is 5.56 Å². The van der Waals surface area contributed by atoms with Crippen LogP contribution in [0.3, 0.4) is 0 Å². The molecule has 2 rings (SSSR count). The molecule has 1 aliphatic rings. The minimum atomic E-state index is -0.856. The number of carbonyl (C=O) groups excluding carboxylic acids is 2.